The second-order valence-electron chi connectivity index (χ2n) is 5.15. The Labute approximate surface area is 105 Å². The molecule has 0 aliphatic carbocycles. The fraction of sp³-hybridized carbons (Fsp3) is 0.286. The van der Waals surface area contributed by atoms with E-state index < -0.39 is 0 Å². The summed E-state index contributed by atoms with van der Waals surface area (Å²) in [5, 5.41) is 6.16. The second kappa shape index (κ2) is 3.70. The summed E-state index contributed by atoms with van der Waals surface area (Å²) >= 11 is 0. The predicted octanol–water partition coefficient (Wildman–Crippen LogP) is 2.11. The number of nitrogens with zero attached hydrogens (tertiary/aromatic N) is 1. The Kier molecular flexibility index (Phi) is 2.26. The number of H-pyrrole nitrogens is 1. The first-order valence-electron chi connectivity index (χ1n) is 5.90. The predicted molar refractivity (Wildman–Crippen MR) is 68.8 cm³/mol. The largest absolute Gasteiger partial charge is 0.492 e. The van der Waals surface area contributed by atoms with Gasteiger partial charge in [-0.2, -0.15) is 5.10 Å². The van der Waals surface area contributed by atoms with Crippen molar-refractivity contribution in [3.8, 4) is 16.9 Å². The molecule has 92 valence electrons. The third-order valence-corrected chi connectivity index (χ3v) is 3.34. The fourth-order valence-electron chi connectivity index (χ4n) is 2.32. The van der Waals surface area contributed by atoms with E-state index in [2.05, 4.69) is 30.1 Å². The number of fused-ring (bicyclic) bond motifs is 1. The molecular weight excluding hydrogens is 228 g/mol. The van der Waals surface area contributed by atoms with Gasteiger partial charge in [0.2, 0.25) is 0 Å². The van der Waals surface area contributed by atoms with Crippen molar-refractivity contribution in [1.29, 1.82) is 0 Å². The summed E-state index contributed by atoms with van der Waals surface area (Å²) in [6.45, 7) is 4.92. The van der Waals surface area contributed by atoms with Crippen molar-refractivity contribution in [3.63, 3.8) is 0 Å². The highest BCUT2D eigenvalue weighted by molar-refractivity contribution is 5.73. The van der Waals surface area contributed by atoms with E-state index >= 15 is 0 Å². The number of hydrogen-bond acceptors (Lipinski definition) is 3. The van der Waals surface area contributed by atoms with Crippen LogP contribution in [0.25, 0.3) is 11.1 Å². The van der Waals surface area contributed by atoms with E-state index in [1.807, 2.05) is 12.1 Å². The summed E-state index contributed by atoms with van der Waals surface area (Å²) < 4.78 is 5.78. The Bertz CT molecular complexity index is 659. The number of benzene rings is 1. The lowest BCUT2D eigenvalue weighted by Gasteiger charge is -2.15. The Morgan fingerprint density at radius 3 is 2.89 bits per heavy atom. The molecule has 0 saturated carbocycles. The van der Waals surface area contributed by atoms with Crippen molar-refractivity contribution in [2.75, 3.05) is 6.61 Å². The zero-order valence-electron chi connectivity index (χ0n) is 10.4. The molecule has 1 aromatic carbocycles. The Morgan fingerprint density at radius 1 is 1.28 bits per heavy atom. The summed E-state index contributed by atoms with van der Waals surface area (Å²) in [7, 11) is 0. The number of ether oxygens (including phenoxy) is 1. The van der Waals surface area contributed by atoms with E-state index in [1.54, 1.807) is 12.3 Å². The maximum atomic E-state index is 11.8. The number of aromatic amines is 1. The molecule has 0 saturated heterocycles. The topological polar surface area (TPSA) is 55.0 Å². The molecular formula is C14H14N2O2. The lowest BCUT2D eigenvalue weighted by molar-refractivity contribution is 0.292. The Balaban J connectivity index is 2.25. The van der Waals surface area contributed by atoms with Crippen LogP contribution >= 0.6 is 0 Å². The molecule has 0 spiro atoms. The van der Waals surface area contributed by atoms with Gasteiger partial charge in [-0.25, -0.2) is 5.10 Å². The molecule has 18 heavy (non-hydrogen) atoms. The number of aromatic nitrogens is 2. The van der Waals surface area contributed by atoms with Crippen LogP contribution in [0.3, 0.4) is 0 Å². The van der Waals surface area contributed by atoms with Crippen LogP contribution < -0.4 is 10.3 Å². The summed E-state index contributed by atoms with van der Waals surface area (Å²) in [6, 6.07) is 7.64. The van der Waals surface area contributed by atoms with Gasteiger partial charge in [0, 0.05) is 22.7 Å². The molecule has 2 heterocycles. The molecule has 1 N–H and O–H groups in total. The van der Waals surface area contributed by atoms with E-state index in [9.17, 15) is 4.79 Å². The van der Waals surface area contributed by atoms with Gasteiger partial charge < -0.3 is 4.74 Å². The van der Waals surface area contributed by atoms with Crippen LogP contribution in [0.1, 0.15) is 19.4 Å². The lowest BCUT2D eigenvalue weighted by atomic mass is 9.85. The van der Waals surface area contributed by atoms with Crippen molar-refractivity contribution < 1.29 is 4.74 Å². The summed E-state index contributed by atoms with van der Waals surface area (Å²) in [6.07, 6.45) is 1.58. The van der Waals surface area contributed by atoms with Crippen LogP contribution in [0.4, 0.5) is 0 Å². The highest BCUT2D eigenvalue weighted by Gasteiger charge is 2.33. The molecule has 1 aliphatic heterocycles. The minimum atomic E-state index is -0.195. The Hall–Kier alpha value is -2.10. The van der Waals surface area contributed by atoms with Crippen LogP contribution in [0, 0.1) is 0 Å². The van der Waals surface area contributed by atoms with Gasteiger partial charge in [0.15, 0.2) is 0 Å². The van der Waals surface area contributed by atoms with Gasteiger partial charge in [0.25, 0.3) is 5.56 Å². The average molecular weight is 242 g/mol. The molecule has 0 radical (unpaired) electrons. The average Bonchev–Trinajstić information content (AvgIpc) is 2.67. The second-order valence-corrected chi connectivity index (χ2v) is 5.15. The fourth-order valence-corrected chi connectivity index (χ4v) is 2.32. The van der Waals surface area contributed by atoms with E-state index in [0.29, 0.717) is 12.2 Å². The van der Waals surface area contributed by atoms with Crippen LogP contribution in [-0.4, -0.2) is 16.8 Å². The molecule has 4 heteroatoms. The minimum absolute atomic E-state index is 0.00879. The van der Waals surface area contributed by atoms with Gasteiger partial charge in [0.05, 0.1) is 12.2 Å². The molecule has 1 aliphatic rings. The lowest BCUT2D eigenvalue weighted by Crippen LogP contribution is -2.18. The number of para-hydroxylation sites is 1. The van der Waals surface area contributed by atoms with Crippen molar-refractivity contribution in [3.05, 3.63) is 46.4 Å². The molecule has 2 aromatic rings. The highest BCUT2D eigenvalue weighted by atomic mass is 16.5. The molecule has 0 unspecified atom stereocenters. The van der Waals surface area contributed by atoms with E-state index in [-0.39, 0.29) is 11.0 Å². The summed E-state index contributed by atoms with van der Waals surface area (Å²) in [4.78, 5) is 11.8. The summed E-state index contributed by atoms with van der Waals surface area (Å²) in [5.41, 5.74) is 2.38. The maximum absolute atomic E-state index is 11.8. The molecule has 0 fully saturated rings. The number of hydrogen-bond donors (Lipinski definition) is 1. The van der Waals surface area contributed by atoms with Gasteiger partial charge in [-0.05, 0) is 6.07 Å². The van der Waals surface area contributed by atoms with E-state index in [0.717, 1.165) is 16.9 Å². The quantitative estimate of drug-likeness (QED) is 0.833. The first-order valence-corrected chi connectivity index (χ1v) is 5.90. The SMILES string of the molecule is CC1(C)COc2c(-c3ccn[nH]c3=O)cccc21. The Morgan fingerprint density at radius 2 is 2.11 bits per heavy atom. The van der Waals surface area contributed by atoms with Gasteiger partial charge >= 0.3 is 0 Å². The molecule has 1 aromatic heterocycles. The van der Waals surface area contributed by atoms with Crippen LogP contribution in [0.15, 0.2) is 35.3 Å². The molecule has 4 nitrogen and oxygen atoms in total. The monoisotopic (exact) mass is 242 g/mol. The normalized spacial score (nSPS) is 16.1. The molecule has 0 bridgehead atoms. The third-order valence-electron chi connectivity index (χ3n) is 3.34. The van der Waals surface area contributed by atoms with Crippen molar-refractivity contribution in [2.24, 2.45) is 0 Å². The first kappa shape index (κ1) is 11.0. The minimum Gasteiger partial charge on any atom is -0.492 e. The first-order chi connectivity index (χ1) is 8.59. The van der Waals surface area contributed by atoms with Crippen LogP contribution in [0.5, 0.6) is 5.75 Å². The van der Waals surface area contributed by atoms with Gasteiger partial charge in [-0.15, -0.1) is 0 Å². The molecule has 3 rings (SSSR count). The third kappa shape index (κ3) is 1.53. The zero-order chi connectivity index (χ0) is 12.8. The van der Waals surface area contributed by atoms with Crippen LogP contribution in [-0.2, 0) is 5.41 Å². The smallest absolute Gasteiger partial charge is 0.272 e. The van der Waals surface area contributed by atoms with Crippen LogP contribution in [0.2, 0.25) is 0 Å². The highest BCUT2D eigenvalue weighted by Crippen LogP contribution is 2.43. The maximum Gasteiger partial charge on any atom is 0.272 e. The zero-order valence-corrected chi connectivity index (χ0v) is 10.4. The summed E-state index contributed by atoms with van der Waals surface area (Å²) in [5.74, 6) is 0.819. The van der Waals surface area contributed by atoms with Crippen molar-refractivity contribution >= 4 is 0 Å². The van der Waals surface area contributed by atoms with Crippen molar-refractivity contribution in [1.82, 2.24) is 10.2 Å². The van der Waals surface area contributed by atoms with Gasteiger partial charge in [-0.3, -0.25) is 4.79 Å². The number of nitrogens with one attached hydrogen (secondary N) is 1. The van der Waals surface area contributed by atoms with E-state index in [4.69, 9.17) is 4.74 Å². The van der Waals surface area contributed by atoms with Gasteiger partial charge in [-0.1, -0.05) is 32.0 Å². The van der Waals surface area contributed by atoms with Gasteiger partial charge in [0.1, 0.15) is 5.75 Å². The standard InChI is InChI=1S/C14H14N2O2/c1-14(2)8-18-12-9(4-3-5-11(12)14)10-6-7-15-16-13(10)17/h3-7H,8H2,1-2H3,(H,16,17). The van der Waals surface area contributed by atoms with Crippen molar-refractivity contribution in [2.45, 2.75) is 19.3 Å². The van der Waals surface area contributed by atoms with E-state index in [1.165, 1.54) is 0 Å². The molecule has 0 atom stereocenters. The number of rotatable bonds is 1. The molecule has 0 amide bonds.